The molecule has 0 spiro atoms. The third-order valence-electron chi connectivity index (χ3n) is 2.96. The Labute approximate surface area is 79.1 Å². The first kappa shape index (κ1) is 10.2. The molecule has 0 heterocycles. The van der Waals surface area contributed by atoms with Crippen LogP contribution in [-0.2, 0) is 9.59 Å². The molecule has 0 aliphatic heterocycles. The number of hydrogen-bond acceptors (Lipinski definition) is 2. The van der Waals surface area contributed by atoms with Gasteiger partial charge in [-0.3, -0.25) is 9.59 Å². The highest BCUT2D eigenvalue weighted by molar-refractivity contribution is 5.78. The first-order valence-corrected chi connectivity index (χ1v) is 4.72. The lowest BCUT2D eigenvalue weighted by Gasteiger charge is -2.11. The number of ketones is 1. The predicted molar refractivity (Wildman–Crippen MR) is 50.1 cm³/mol. The second-order valence-corrected chi connectivity index (χ2v) is 4.10. The molecule has 1 aliphatic carbocycles. The summed E-state index contributed by atoms with van der Waals surface area (Å²) in [6.45, 7) is 4.42. The van der Waals surface area contributed by atoms with Crippen LogP contribution in [0.4, 0.5) is 0 Å². The highest BCUT2D eigenvalue weighted by Crippen LogP contribution is 2.44. The molecule has 0 aromatic heterocycles. The first-order valence-electron chi connectivity index (χ1n) is 4.72. The number of Topliss-reactive ketones (excluding diaryl/α,β-unsaturated/α-hetero) is 1. The minimum atomic E-state index is 0.171. The minimum absolute atomic E-state index is 0.171. The molecule has 0 radical (unpaired) electrons. The maximum Gasteiger partial charge on any atom is 0.209 e. The lowest BCUT2D eigenvalue weighted by Crippen LogP contribution is -2.20. The second kappa shape index (κ2) is 3.90. The number of hydrogen-bond donors (Lipinski definition) is 0. The Morgan fingerprint density at radius 1 is 1.69 bits per heavy atom. The van der Waals surface area contributed by atoms with Crippen LogP contribution in [0.5, 0.6) is 0 Å². The average Bonchev–Trinajstić information content (AvgIpc) is 2.82. The molecule has 1 rings (SSSR count). The van der Waals surface area contributed by atoms with Gasteiger partial charge in [0.1, 0.15) is 5.78 Å². The van der Waals surface area contributed by atoms with E-state index in [1.807, 2.05) is 6.92 Å². The molecule has 1 fully saturated rings. The van der Waals surface area contributed by atoms with E-state index in [1.165, 1.54) is 0 Å². The van der Waals surface area contributed by atoms with Gasteiger partial charge in [0.25, 0.3) is 0 Å². The largest absolute Gasteiger partial charge is 0.348 e. The number of carbonyl (C=O) groups excluding carboxylic acids is 2. The topological polar surface area (TPSA) is 37.4 Å². The van der Waals surface area contributed by atoms with E-state index in [0.717, 1.165) is 19.4 Å². The van der Waals surface area contributed by atoms with Gasteiger partial charge in [-0.1, -0.05) is 6.92 Å². The summed E-state index contributed by atoms with van der Waals surface area (Å²) in [7, 11) is 1.78. The van der Waals surface area contributed by atoms with Crippen LogP contribution in [0.3, 0.4) is 0 Å². The molecule has 3 nitrogen and oxygen atoms in total. The zero-order chi connectivity index (χ0) is 10.0. The monoisotopic (exact) mass is 183 g/mol. The van der Waals surface area contributed by atoms with Gasteiger partial charge in [-0.25, -0.2) is 0 Å². The molecule has 0 N–H and O–H groups in total. The van der Waals surface area contributed by atoms with Crippen molar-refractivity contribution in [3.05, 3.63) is 0 Å². The molecule has 3 heteroatoms. The molecule has 1 saturated carbocycles. The van der Waals surface area contributed by atoms with Crippen LogP contribution in [0.15, 0.2) is 0 Å². The minimum Gasteiger partial charge on any atom is -0.348 e. The van der Waals surface area contributed by atoms with Gasteiger partial charge in [0, 0.05) is 19.5 Å². The quantitative estimate of drug-likeness (QED) is 0.595. The van der Waals surface area contributed by atoms with Crippen molar-refractivity contribution in [2.45, 2.75) is 20.3 Å². The Kier molecular flexibility index (Phi) is 3.07. The number of amides is 1. The maximum atomic E-state index is 11.0. The van der Waals surface area contributed by atoms with Crippen LogP contribution in [0.25, 0.3) is 0 Å². The summed E-state index contributed by atoms with van der Waals surface area (Å²) >= 11 is 0. The summed E-state index contributed by atoms with van der Waals surface area (Å²) in [6.07, 6.45) is 1.94. The van der Waals surface area contributed by atoms with Crippen molar-refractivity contribution in [3.63, 3.8) is 0 Å². The molecule has 1 unspecified atom stereocenters. The zero-order valence-corrected chi connectivity index (χ0v) is 8.49. The molecule has 0 aromatic rings. The van der Waals surface area contributed by atoms with Gasteiger partial charge in [-0.2, -0.15) is 0 Å². The average molecular weight is 183 g/mol. The van der Waals surface area contributed by atoms with Crippen molar-refractivity contribution < 1.29 is 9.59 Å². The lowest BCUT2D eigenvalue weighted by atomic mass is 10.0. The van der Waals surface area contributed by atoms with Crippen LogP contribution in [0.1, 0.15) is 20.3 Å². The van der Waals surface area contributed by atoms with E-state index >= 15 is 0 Å². The van der Waals surface area contributed by atoms with Gasteiger partial charge in [-0.05, 0) is 25.2 Å². The summed E-state index contributed by atoms with van der Waals surface area (Å²) in [6, 6.07) is 0. The maximum absolute atomic E-state index is 11.0. The van der Waals surface area contributed by atoms with Crippen LogP contribution in [0.2, 0.25) is 0 Å². The summed E-state index contributed by atoms with van der Waals surface area (Å²) in [5.74, 6) is 1.50. The Hall–Kier alpha value is -0.860. The Balaban J connectivity index is 2.30. The van der Waals surface area contributed by atoms with E-state index in [9.17, 15) is 9.59 Å². The van der Waals surface area contributed by atoms with Crippen molar-refractivity contribution in [3.8, 4) is 0 Å². The van der Waals surface area contributed by atoms with Crippen molar-refractivity contribution in [2.24, 2.45) is 17.8 Å². The Morgan fingerprint density at radius 3 is 2.77 bits per heavy atom. The van der Waals surface area contributed by atoms with Crippen molar-refractivity contribution in [1.82, 2.24) is 4.90 Å². The molecule has 0 saturated heterocycles. The molecular formula is C10H17NO2. The standard InChI is InChI=1S/C10H17NO2/c1-7(8(2)13)10-4-9(10)5-11(3)6-12/h6-7,9-10H,4-5H2,1-3H3/t7?,9-,10+/m0/s1. The van der Waals surface area contributed by atoms with Crippen molar-refractivity contribution in [2.75, 3.05) is 13.6 Å². The van der Waals surface area contributed by atoms with Gasteiger partial charge in [0.2, 0.25) is 6.41 Å². The number of carbonyl (C=O) groups is 2. The van der Waals surface area contributed by atoms with E-state index in [2.05, 4.69) is 0 Å². The third kappa shape index (κ3) is 2.54. The lowest BCUT2D eigenvalue weighted by molar-refractivity contribution is -0.120. The van der Waals surface area contributed by atoms with Crippen molar-refractivity contribution >= 4 is 12.2 Å². The highest BCUT2D eigenvalue weighted by Gasteiger charge is 2.42. The predicted octanol–water partition coefficient (Wildman–Crippen LogP) is 0.936. The first-order chi connectivity index (χ1) is 6.06. The van der Waals surface area contributed by atoms with Gasteiger partial charge in [0.15, 0.2) is 0 Å². The SMILES string of the molecule is CC(=O)C(C)[C@H]1C[C@H]1CN(C)C=O. The summed E-state index contributed by atoms with van der Waals surface area (Å²) in [4.78, 5) is 23.0. The smallest absolute Gasteiger partial charge is 0.209 e. The van der Waals surface area contributed by atoms with Gasteiger partial charge >= 0.3 is 0 Å². The Bertz CT molecular complexity index is 215. The van der Waals surface area contributed by atoms with Gasteiger partial charge in [0.05, 0.1) is 0 Å². The van der Waals surface area contributed by atoms with Crippen molar-refractivity contribution in [1.29, 1.82) is 0 Å². The van der Waals surface area contributed by atoms with E-state index < -0.39 is 0 Å². The second-order valence-electron chi connectivity index (χ2n) is 4.10. The molecule has 74 valence electrons. The number of nitrogens with zero attached hydrogens (tertiary/aromatic N) is 1. The van der Waals surface area contributed by atoms with E-state index in [-0.39, 0.29) is 11.7 Å². The molecule has 13 heavy (non-hydrogen) atoms. The zero-order valence-electron chi connectivity index (χ0n) is 8.49. The molecule has 1 aliphatic rings. The van der Waals surface area contributed by atoms with E-state index in [0.29, 0.717) is 11.8 Å². The van der Waals surface area contributed by atoms with E-state index in [1.54, 1.807) is 18.9 Å². The normalized spacial score (nSPS) is 27.9. The molecule has 3 atom stereocenters. The van der Waals surface area contributed by atoms with Crippen LogP contribution in [-0.4, -0.2) is 30.7 Å². The van der Waals surface area contributed by atoms with Crippen LogP contribution < -0.4 is 0 Å². The summed E-state index contributed by atoms with van der Waals surface area (Å²) in [5, 5.41) is 0. The molecule has 1 amide bonds. The highest BCUT2D eigenvalue weighted by atomic mass is 16.1. The summed E-state index contributed by atoms with van der Waals surface area (Å²) in [5.41, 5.74) is 0. The third-order valence-corrected chi connectivity index (χ3v) is 2.96. The molecule has 0 bridgehead atoms. The van der Waals surface area contributed by atoms with Crippen LogP contribution in [0, 0.1) is 17.8 Å². The number of rotatable bonds is 5. The molecular weight excluding hydrogens is 166 g/mol. The fourth-order valence-corrected chi connectivity index (χ4v) is 1.81. The van der Waals surface area contributed by atoms with Gasteiger partial charge in [-0.15, -0.1) is 0 Å². The molecule has 0 aromatic carbocycles. The van der Waals surface area contributed by atoms with Gasteiger partial charge < -0.3 is 4.90 Å². The Morgan fingerprint density at radius 2 is 2.31 bits per heavy atom. The van der Waals surface area contributed by atoms with Crippen LogP contribution >= 0.6 is 0 Å². The summed E-state index contributed by atoms with van der Waals surface area (Å²) < 4.78 is 0. The fourth-order valence-electron chi connectivity index (χ4n) is 1.81. The fraction of sp³-hybridized carbons (Fsp3) is 0.800. The van der Waals surface area contributed by atoms with E-state index in [4.69, 9.17) is 0 Å².